The number of benzene rings is 1. The van der Waals surface area contributed by atoms with Gasteiger partial charge in [0.2, 0.25) is 0 Å². The molecule has 140 valence electrons. The number of carbonyl (C=O) groups excluding carboxylic acids is 3. The van der Waals surface area contributed by atoms with Gasteiger partial charge in [0, 0.05) is 19.2 Å². The molecule has 0 spiro atoms. The summed E-state index contributed by atoms with van der Waals surface area (Å²) in [6.07, 6.45) is 1.71. The number of anilines is 1. The van der Waals surface area contributed by atoms with Crippen LogP contribution in [0.1, 0.15) is 36.5 Å². The lowest BCUT2D eigenvalue weighted by Gasteiger charge is -2.28. The van der Waals surface area contributed by atoms with Crippen molar-refractivity contribution < 1.29 is 24.0 Å². The van der Waals surface area contributed by atoms with Crippen molar-refractivity contribution >= 4 is 29.3 Å². The van der Waals surface area contributed by atoms with Crippen LogP contribution in [0.2, 0.25) is 0 Å². The third-order valence-electron chi connectivity index (χ3n) is 4.00. The van der Waals surface area contributed by atoms with E-state index in [1.54, 1.807) is 5.32 Å². The molecule has 0 aliphatic carbocycles. The van der Waals surface area contributed by atoms with E-state index in [2.05, 4.69) is 0 Å². The van der Waals surface area contributed by atoms with Crippen molar-refractivity contribution in [1.82, 2.24) is 5.32 Å². The molecule has 3 N–H and O–H groups in total. The molecule has 0 saturated carbocycles. The summed E-state index contributed by atoms with van der Waals surface area (Å²) in [5.41, 5.74) is 5.01. The molecule has 1 atom stereocenters. The van der Waals surface area contributed by atoms with Gasteiger partial charge in [-0.3, -0.25) is 20.2 Å². The summed E-state index contributed by atoms with van der Waals surface area (Å²) in [6, 6.07) is 2.98. The molecule has 1 aromatic rings. The Morgan fingerprint density at radius 1 is 1.27 bits per heavy atom. The Morgan fingerprint density at radius 2 is 1.92 bits per heavy atom. The SMILES string of the molecule is CC(OC(=O)c1ccc(N2CCCCC2)c([N+](=O)[O-])c1)C(=O)NC(N)=O. The van der Waals surface area contributed by atoms with Crippen LogP contribution < -0.4 is 16.0 Å². The number of imide groups is 1. The lowest BCUT2D eigenvalue weighted by molar-refractivity contribution is -0.384. The molecule has 26 heavy (non-hydrogen) atoms. The molecule has 2 rings (SSSR count). The predicted molar refractivity (Wildman–Crippen MR) is 91.8 cm³/mol. The maximum Gasteiger partial charge on any atom is 0.339 e. The lowest BCUT2D eigenvalue weighted by atomic mass is 10.1. The molecular formula is C16H20N4O6. The number of nitro benzene ring substituents is 1. The number of nitrogens with one attached hydrogen (secondary N) is 1. The summed E-state index contributed by atoms with van der Waals surface area (Å²) >= 11 is 0. The zero-order valence-corrected chi connectivity index (χ0v) is 14.3. The van der Waals surface area contributed by atoms with Gasteiger partial charge in [0.15, 0.2) is 6.10 Å². The zero-order valence-electron chi connectivity index (χ0n) is 14.3. The van der Waals surface area contributed by atoms with Crippen molar-refractivity contribution in [1.29, 1.82) is 0 Å². The molecule has 0 aromatic heterocycles. The fraction of sp³-hybridized carbons (Fsp3) is 0.438. The maximum atomic E-state index is 12.2. The van der Waals surface area contributed by atoms with Crippen molar-refractivity contribution in [2.75, 3.05) is 18.0 Å². The molecule has 1 aliphatic heterocycles. The van der Waals surface area contributed by atoms with Crippen LogP contribution in [0.3, 0.4) is 0 Å². The summed E-state index contributed by atoms with van der Waals surface area (Å²) in [4.78, 5) is 47.1. The van der Waals surface area contributed by atoms with E-state index in [-0.39, 0.29) is 11.3 Å². The molecule has 1 fully saturated rings. The number of ether oxygens (including phenoxy) is 1. The molecule has 0 radical (unpaired) electrons. The average Bonchev–Trinajstić information content (AvgIpc) is 2.61. The Labute approximate surface area is 149 Å². The fourth-order valence-electron chi connectivity index (χ4n) is 2.70. The number of hydrogen-bond donors (Lipinski definition) is 2. The first-order valence-corrected chi connectivity index (χ1v) is 8.14. The lowest BCUT2D eigenvalue weighted by Crippen LogP contribution is -2.42. The summed E-state index contributed by atoms with van der Waals surface area (Å²) in [7, 11) is 0. The van der Waals surface area contributed by atoms with Crippen LogP contribution in [0, 0.1) is 10.1 Å². The van der Waals surface area contributed by atoms with Gasteiger partial charge in [-0.15, -0.1) is 0 Å². The number of carbonyl (C=O) groups is 3. The Morgan fingerprint density at radius 3 is 2.50 bits per heavy atom. The van der Waals surface area contributed by atoms with E-state index in [9.17, 15) is 24.5 Å². The molecule has 1 aromatic carbocycles. The number of rotatable bonds is 5. The number of nitro groups is 1. The number of amides is 3. The van der Waals surface area contributed by atoms with Gasteiger partial charge in [-0.1, -0.05) is 0 Å². The zero-order chi connectivity index (χ0) is 19.3. The second kappa shape index (κ2) is 8.28. The largest absolute Gasteiger partial charge is 0.449 e. The van der Waals surface area contributed by atoms with Crippen molar-refractivity contribution in [2.45, 2.75) is 32.3 Å². The van der Waals surface area contributed by atoms with Gasteiger partial charge in [-0.2, -0.15) is 0 Å². The van der Waals surface area contributed by atoms with Gasteiger partial charge in [0.1, 0.15) is 5.69 Å². The minimum atomic E-state index is -1.28. The van der Waals surface area contributed by atoms with E-state index in [0.29, 0.717) is 5.69 Å². The van der Waals surface area contributed by atoms with Crippen LogP contribution >= 0.6 is 0 Å². The monoisotopic (exact) mass is 364 g/mol. The van der Waals surface area contributed by atoms with Gasteiger partial charge in [-0.05, 0) is 38.3 Å². The standard InChI is InChI=1S/C16H20N4O6/c1-10(14(21)18-16(17)23)26-15(22)11-5-6-12(13(9-11)20(24)25)19-7-3-2-4-8-19/h5-6,9-10H,2-4,7-8H2,1H3,(H3,17,18,21,23). The highest BCUT2D eigenvalue weighted by Gasteiger charge is 2.25. The number of nitrogens with zero attached hydrogens (tertiary/aromatic N) is 2. The van der Waals surface area contributed by atoms with E-state index in [1.165, 1.54) is 19.1 Å². The van der Waals surface area contributed by atoms with Crippen LogP contribution in [0.25, 0.3) is 0 Å². The number of nitrogens with two attached hydrogens (primary N) is 1. The summed E-state index contributed by atoms with van der Waals surface area (Å²) in [5, 5.41) is 13.2. The van der Waals surface area contributed by atoms with Crippen LogP contribution in [0.15, 0.2) is 18.2 Å². The smallest absolute Gasteiger partial charge is 0.339 e. The topological polar surface area (TPSA) is 145 Å². The molecule has 3 amide bonds. The number of urea groups is 1. The molecule has 1 aliphatic rings. The van der Waals surface area contributed by atoms with Crippen LogP contribution in [0.5, 0.6) is 0 Å². The first-order valence-electron chi connectivity index (χ1n) is 8.14. The summed E-state index contributed by atoms with van der Waals surface area (Å²) in [5.74, 6) is -1.80. The normalized spacial score (nSPS) is 15.0. The van der Waals surface area contributed by atoms with E-state index >= 15 is 0 Å². The van der Waals surface area contributed by atoms with Gasteiger partial charge >= 0.3 is 12.0 Å². The van der Waals surface area contributed by atoms with Gasteiger partial charge in [-0.25, -0.2) is 9.59 Å². The third-order valence-corrected chi connectivity index (χ3v) is 4.00. The predicted octanol–water partition coefficient (Wildman–Crippen LogP) is 1.33. The average molecular weight is 364 g/mol. The first kappa shape index (κ1) is 19.2. The highest BCUT2D eigenvalue weighted by Crippen LogP contribution is 2.31. The summed E-state index contributed by atoms with van der Waals surface area (Å²) < 4.78 is 4.92. The van der Waals surface area contributed by atoms with Crippen LogP contribution in [0.4, 0.5) is 16.2 Å². The molecule has 10 nitrogen and oxygen atoms in total. The Balaban J connectivity index is 2.17. The Kier molecular flexibility index (Phi) is 6.10. The van der Waals surface area contributed by atoms with E-state index in [1.807, 2.05) is 4.90 Å². The second-order valence-corrected chi connectivity index (χ2v) is 5.91. The summed E-state index contributed by atoms with van der Waals surface area (Å²) in [6.45, 7) is 2.69. The van der Waals surface area contributed by atoms with Crippen molar-refractivity contribution in [3.63, 3.8) is 0 Å². The number of esters is 1. The second-order valence-electron chi connectivity index (χ2n) is 5.91. The van der Waals surface area contributed by atoms with Gasteiger partial charge in [0.05, 0.1) is 10.5 Å². The maximum absolute atomic E-state index is 12.2. The molecule has 1 heterocycles. The van der Waals surface area contributed by atoms with E-state index < -0.39 is 28.9 Å². The molecular weight excluding hydrogens is 344 g/mol. The molecule has 10 heteroatoms. The number of hydrogen-bond acceptors (Lipinski definition) is 7. The Hall–Kier alpha value is -3.17. The number of piperidine rings is 1. The van der Waals surface area contributed by atoms with E-state index in [0.717, 1.165) is 38.4 Å². The molecule has 0 bridgehead atoms. The van der Waals surface area contributed by atoms with Crippen molar-refractivity contribution in [3.05, 3.63) is 33.9 Å². The van der Waals surface area contributed by atoms with Crippen LogP contribution in [-0.4, -0.2) is 42.0 Å². The quantitative estimate of drug-likeness (QED) is 0.455. The van der Waals surface area contributed by atoms with Crippen LogP contribution in [-0.2, 0) is 9.53 Å². The first-order chi connectivity index (χ1) is 12.3. The molecule has 1 saturated heterocycles. The highest BCUT2D eigenvalue weighted by molar-refractivity contribution is 5.98. The minimum absolute atomic E-state index is 0.0591. The van der Waals surface area contributed by atoms with Gasteiger partial charge < -0.3 is 15.4 Å². The fourth-order valence-corrected chi connectivity index (χ4v) is 2.70. The number of primary amides is 1. The van der Waals surface area contributed by atoms with Crippen molar-refractivity contribution in [3.8, 4) is 0 Å². The van der Waals surface area contributed by atoms with E-state index in [4.69, 9.17) is 10.5 Å². The Bertz CT molecular complexity index is 729. The van der Waals surface area contributed by atoms with Crippen molar-refractivity contribution in [2.24, 2.45) is 5.73 Å². The minimum Gasteiger partial charge on any atom is -0.449 e. The highest BCUT2D eigenvalue weighted by atomic mass is 16.6. The third kappa shape index (κ3) is 4.68. The van der Waals surface area contributed by atoms with Gasteiger partial charge in [0.25, 0.3) is 11.6 Å². The molecule has 1 unspecified atom stereocenters.